The lowest BCUT2D eigenvalue weighted by molar-refractivity contribution is -0.129. The second kappa shape index (κ2) is 5.20. The third kappa shape index (κ3) is 2.53. The Morgan fingerprint density at radius 3 is 3.00 bits per heavy atom. The van der Waals surface area contributed by atoms with Crippen molar-refractivity contribution >= 4 is 28.5 Å². The van der Waals surface area contributed by atoms with Crippen LogP contribution in [0, 0.1) is 3.57 Å². The molecule has 1 fully saturated rings. The number of likely N-dealkylation sites (tertiary alicyclic amines) is 1. The van der Waals surface area contributed by atoms with E-state index < -0.39 is 0 Å². The molecular weight excluding hydrogens is 329 g/mol. The number of nitrogens with zero attached hydrogens (tertiary/aromatic N) is 3. The van der Waals surface area contributed by atoms with E-state index in [4.69, 9.17) is 0 Å². The molecule has 0 saturated carbocycles. The molecule has 0 bridgehead atoms. The van der Waals surface area contributed by atoms with Crippen molar-refractivity contribution in [1.29, 1.82) is 0 Å². The standard InChI is InChI=1S/C12H16IN3O/c1-3-11(17)16-7-5-4-6-10(16)12-9(13)8-15(2)14-12/h3,8,10H,1,4-7H2,2H3. The van der Waals surface area contributed by atoms with E-state index >= 15 is 0 Å². The number of rotatable bonds is 2. The molecule has 2 heterocycles. The number of aryl methyl sites for hydroxylation is 1. The lowest BCUT2D eigenvalue weighted by atomic mass is 9.99. The summed E-state index contributed by atoms with van der Waals surface area (Å²) in [6.45, 7) is 4.38. The van der Waals surface area contributed by atoms with Gasteiger partial charge >= 0.3 is 0 Å². The van der Waals surface area contributed by atoms with Gasteiger partial charge in [0.25, 0.3) is 0 Å². The number of carbonyl (C=O) groups excluding carboxylic acids is 1. The highest BCUT2D eigenvalue weighted by atomic mass is 127. The highest BCUT2D eigenvalue weighted by Crippen LogP contribution is 2.32. The quantitative estimate of drug-likeness (QED) is 0.609. The molecular formula is C12H16IN3O. The number of amides is 1. The molecule has 1 amide bonds. The zero-order valence-electron chi connectivity index (χ0n) is 9.90. The van der Waals surface area contributed by atoms with Gasteiger partial charge in [-0.3, -0.25) is 9.48 Å². The van der Waals surface area contributed by atoms with E-state index in [1.807, 2.05) is 22.8 Å². The van der Waals surface area contributed by atoms with Gasteiger partial charge in [0.1, 0.15) is 0 Å². The molecule has 0 radical (unpaired) electrons. The van der Waals surface area contributed by atoms with Gasteiger partial charge in [-0.05, 0) is 47.9 Å². The van der Waals surface area contributed by atoms with Crippen molar-refractivity contribution in [2.75, 3.05) is 6.54 Å². The van der Waals surface area contributed by atoms with Crippen LogP contribution >= 0.6 is 22.6 Å². The number of carbonyl (C=O) groups is 1. The van der Waals surface area contributed by atoms with Gasteiger partial charge in [-0.15, -0.1) is 0 Å². The fourth-order valence-electron chi connectivity index (χ4n) is 2.30. The van der Waals surface area contributed by atoms with Crippen molar-refractivity contribution in [3.63, 3.8) is 0 Å². The van der Waals surface area contributed by atoms with E-state index in [1.54, 1.807) is 0 Å². The van der Waals surface area contributed by atoms with E-state index in [1.165, 1.54) is 6.08 Å². The molecule has 4 nitrogen and oxygen atoms in total. The SMILES string of the molecule is C=CC(=O)N1CCCCC1c1nn(C)cc1I. The van der Waals surface area contributed by atoms with Crippen LogP contribution in [0.15, 0.2) is 18.9 Å². The number of hydrogen-bond acceptors (Lipinski definition) is 2. The fraction of sp³-hybridized carbons (Fsp3) is 0.500. The van der Waals surface area contributed by atoms with Gasteiger partial charge in [-0.1, -0.05) is 6.58 Å². The van der Waals surface area contributed by atoms with E-state index in [9.17, 15) is 4.79 Å². The van der Waals surface area contributed by atoms with Crippen LogP contribution in [0.2, 0.25) is 0 Å². The molecule has 1 unspecified atom stereocenters. The lowest BCUT2D eigenvalue weighted by Crippen LogP contribution is -2.38. The molecule has 17 heavy (non-hydrogen) atoms. The smallest absolute Gasteiger partial charge is 0.246 e. The molecule has 1 aromatic heterocycles. The first-order valence-corrected chi connectivity index (χ1v) is 6.83. The Balaban J connectivity index is 2.30. The molecule has 1 aromatic rings. The summed E-state index contributed by atoms with van der Waals surface area (Å²) in [5, 5.41) is 4.48. The first kappa shape index (κ1) is 12.6. The first-order chi connectivity index (χ1) is 8.13. The zero-order chi connectivity index (χ0) is 12.4. The monoisotopic (exact) mass is 345 g/mol. The number of piperidine rings is 1. The highest BCUT2D eigenvalue weighted by Gasteiger charge is 2.29. The summed E-state index contributed by atoms with van der Waals surface area (Å²) in [6, 6.07) is 0.113. The molecule has 0 aliphatic carbocycles. The maximum absolute atomic E-state index is 11.8. The maximum Gasteiger partial charge on any atom is 0.246 e. The van der Waals surface area contributed by atoms with Crippen molar-refractivity contribution in [1.82, 2.24) is 14.7 Å². The molecule has 0 N–H and O–H groups in total. The Hall–Kier alpha value is -0.850. The third-order valence-electron chi connectivity index (χ3n) is 3.09. The average molecular weight is 345 g/mol. The normalized spacial score (nSPS) is 20.4. The first-order valence-electron chi connectivity index (χ1n) is 5.75. The summed E-state index contributed by atoms with van der Waals surface area (Å²) in [5.41, 5.74) is 1.02. The molecule has 1 aliphatic heterocycles. The van der Waals surface area contributed by atoms with Crippen LogP contribution in [0.5, 0.6) is 0 Å². The Morgan fingerprint density at radius 1 is 1.65 bits per heavy atom. The maximum atomic E-state index is 11.8. The van der Waals surface area contributed by atoms with E-state index in [0.717, 1.165) is 35.1 Å². The summed E-state index contributed by atoms with van der Waals surface area (Å²) in [6.07, 6.45) is 6.60. The summed E-state index contributed by atoms with van der Waals surface area (Å²) in [5.74, 6) is 0.0103. The van der Waals surface area contributed by atoms with Crippen LogP contribution in [0.1, 0.15) is 31.0 Å². The Bertz CT molecular complexity index is 441. The third-order valence-corrected chi connectivity index (χ3v) is 3.92. The van der Waals surface area contributed by atoms with Crippen LogP contribution in [-0.2, 0) is 11.8 Å². The van der Waals surface area contributed by atoms with Gasteiger partial charge in [0.05, 0.1) is 15.3 Å². The number of hydrogen-bond donors (Lipinski definition) is 0. The molecule has 0 aromatic carbocycles. The topological polar surface area (TPSA) is 38.1 Å². The largest absolute Gasteiger partial charge is 0.330 e. The van der Waals surface area contributed by atoms with E-state index in [2.05, 4.69) is 34.3 Å². The summed E-state index contributed by atoms with van der Waals surface area (Å²) in [7, 11) is 1.91. The fourth-order valence-corrected chi connectivity index (χ4v) is 3.17. The molecule has 5 heteroatoms. The van der Waals surface area contributed by atoms with Crippen molar-refractivity contribution in [3.8, 4) is 0 Å². The second-order valence-electron chi connectivity index (χ2n) is 4.28. The van der Waals surface area contributed by atoms with E-state index in [0.29, 0.717) is 0 Å². The number of aromatic nitrogens is 2. The Morgan fingerprint density at radius 2 is 2.41 bits per heavy atom. The zero-order valence-corrected chi connectivity index (χ0v) is 12.1. The van der Waals surface area contributed by atoms with E-state index in [-0.39, 0.29) is 11.9 Å². The van der Waals surface area contributed by atoms with Crippen molar-refractivity contribution in [3.05, 3.63) is 28.1 Å². The minimum atomic E-state index is 0.0103. The van der Waals surface area contributed by atoms with Crippen molar-refractivity contribution in [2.24, 2.45) is 7.05 Å². The Labute approximate surface area is 115 Å². The van der Waals surface area contributed by atoms with Gasteiger partial charge in [0.2, 0.25) is 5.91 Å². The molecule has 1 aliphatic rings. The van der Waals surface area contributed by atoms with Crippen LogP contribution in [0.4, 0.5) is 0 Å². The second-order valence-corrected chi connectivity index (χ2v) is 5.45. The average Bonchev–Trinajstić information content (AvgIpc) is 2.67. The highest BCUT2D eigenvalue weighted by molar-refractivity contribution is 14.1. The lowest BCUT2D eigenvalue weighted by Gasteiger charge is -2.34. The van der Waals surface area contributed by atoms with Gasteiger partial charge in [0.15, 0.2) is 0 Å². The minimum Gasteiger partial charge on any atom is -0.330 e. The molecule has 1 saturated heterocycles. The summed E-state index contributed by atoms with van der Waals surface area (Å²) >= 11 is 2.28. The predicted molar refractivity (Wildman–Crippen MR) is 74.4 cm³/mol. The van der Waals surface area contributed by atoms with Crippen LogP contribution in [0.3, 0.4) is 0 Å². The van der Waals surface area contributed by atoms with Gasteiger partial charge in [-0.2, -0.15) is 5.10 Å². The van der Waals surface area contributed by atoms with Crippen LogP contribution in [-0.4, -0.2) is 27.1 Å². The summed E-state index contributed by atoms with van der Waals surface area (Å²) < 4.78 is 2.93. The van der Waals surface area contributed by atoms with Crippen LogP contribution in [0.25, 0.3) is 0 Å². The van der Waals surface area contributed by atoms with Crippen molar-refractivity contribution < 1.29 is 4.79 Å². The molecule has 1 atom stereocenters. The number of halogens is 1. The van der Waals surface area contributed by atoms with Gasteiger partial charge in [-0.25, -0.2) is 0 Å². The predicted octanol–water partition coefficient (Wildman–Crippen LogP) is 2.26. The van der Waals surface area contributed by atoms with Crippen molar-refractivity contribution in [2.45, 2.75) is 25.3 Å². The Kier molecular flexibility index (Phi) is 3.86. The van der Waals surface area contributed by atoms with Crippen LogP contribution < -0.4 is 0 Å². The molecule has 0 spiro atoms. The van der Waals surface area contributed by atoms with Gasteiger partial charge < -0.3 is 4.90 Å². The summed E-state index contributed by atoms with van der Waals surface area (Å²) in [4.78, 5) is 13.7. The molecule has 92 valence electrons. The van der Waals surface area contributed by atoms with Gasteiger partial charge in [0, 0.05) is 19.8 Å². The minimum absolute atomic E-state index is 0.0103. The molecule has 2 rings (SSSR count).